The number of aliphatic hydroxyl groups excluding tert-OH is 4. The summed E-state index contributed by atoms with van der Waals surface area (Å²) in [6, 6.07) is 8.86. The number of amides is 1. The van der Waals surface area contributed by atoms with Gasteiger partial charge in [0.1, 0.15) is 24.9 Å². The molecule has 0 unspecified atom stereocenters. The van der Waals surface area contributed by atoms with E-state index < -0.39 is 36.9 Å². The fourth-order valence-corrected chi connectivity index (χ4v) is 1.75. The van der Waals surface area contributed by atoms with Crippen LogP contribution in [-0.2, 0) is 25.6 Å². The van der Waals surface area contributed by atoms with Gasteiger partial charge in [0.05, 0.1) is 0 Å². The zero-order valence-corrected chi connectivity index (χ0v) is 13.2. The normalized spacial score (nSPS) is 16.2. The molecular formula is C13H19NO9S. The van der Waals surface area contributed by atoms with Gasteiger partial charge >= 0.3 is 0 Å². The highest BCUT2D eigenvalue weighted by atomic mass is 32.2. The molecule has 0 saturated carbocycles. The average Bonchev–Trinajstić information content (AvgIpc) is 2.62. The van der Waals surface area contributed by atoms with Crippen molar-refractivity contribution in [3.63, 3.8) is 0 Å². The van der Waals surface area contributed by atoms with Crippen molar-refractivity contribution in [2.75, 3.05) is 6.61 Å². The molecule has 24 heavy (non-hydrogen) atoms. The highest BCUT2D eigenvalue weighted by Crippen LogP contribution is 2.08. The van der Waals surface area contributed by atoms with Gasteiger partial charge in [-0.05, 0) is 5.56 Å². The fraction of sp³-hybridized carbons (Fsp3) is 0.462. The number of carbonyl (C=O) groups is 1. The summed E-state index contributed by atoms with van der Waals surface area (Å²) < 4.78 is 12.0. The first-order chi connectivity index (χ1) is 11.5. The molecule has 10 nitrogen and oxygen atoms in total. The molecule has 0 heterocycles. The number of nitrogens with one attached hydrogen (secondary N) is 1. The van der Waals surface area contributed by atoms with E-state index in [1.54, 1.807) is 30.3 Å². The molecule has 0 spiro atoms. The predicted molar refractivity (Wildman–Crippen MR) is 80.7 cm³/mol. The van der Waals surface area contributed by atoms with E-state index in [0.29, 0.717) is 0 Å². The topological polar surface area (TPSA) is 158 Å². The maximum atomic E-state index is 11.8. The molecule has 6 N–H and O–H groups in total. The molecular weight excluding hydrogens is 346 g/mol. The summed E-state index contributed by atoms with van der Waals surface area (Å²) in [6.45, 7) is -0.535. The molecule has 1 aromatic carbocycles. The minimum absolute atomic E-state index is 0.120. The Bertz CT molecular complexity index is 478. The number of carbonyl (C=O) groups excluding carboxylic acids is 1. The SMILES string of the molecule is O=C(NCc1ccccc1)[C@H](O)[C@@H](O)[C@H](O)[C@H](O)COOOSO. The maximum absolute atomic E-state index is 11.8. The van der Waals surface area contributed by atoms with E-state index >= 15 is 0 Å². The van der Waals surface area contributed by atoms with Crippen molar-refractivity contribution in [1.82, 2.24) is 5.32 Å². The van der Waals surface area contributed by atoms with E-state index in [0.717, 1.165) is 5.56 Å². The third-order valence-electron chi connectivity index (χ3n) is 2.99. The lowest BCUT2D eigenvalue weighted by Crippen LogP contribution is -2.51. The zero-order valence-electron chi connectivity index (χ0n) is 12.4. The van der Waals surface area contributed by atoms with E-state index in [1.165, 1.54) is 0 Å². The zero-order chi connectivity index (χ0) is 17.9. The fourth-order valence-electron chi connectivity index (χ4n) is 1.69. The van der Waals surface area contributed by atoms with Gasteiger partial charge in [-0.25, -0.2) is 4.89 Å². The molecule has 0 fully saturated rings. The third kappa shape index (κ3) is 7.09. The highest BCUT2D eigenvalue weighted by molar-refractivity contribution is 7.88. The molecule has 0 bridgehead atoms. The molecule has 1 rings (SSSR count). The summed E-state index contributed by atoms with van der Waals surface area (Å²) in [5.74, 6) is -0.921. The maximum Gasteiger partial charge on any atom is 0.251 e. The van der Waals surface area contributed by atoms with Crippen molar-refractivity contribution in [3.05, 3.63) is 35.9 Å². The smallest absolute Gasteiger partial charge is 0.251 e. The van der Waals surface area contributed by atoms with Crippen molar-refractivity contribution in [3.8, 4) is 0 Å². The van der Waals surface area contributed by atoms with Gasteiger partial charge in [-0.15, -0.1) is 4.33 Å². The van der Waals surface area contributed by atoms with Gasteiger partial charge in [-0.3, -0.25) is 4.79 Å². The van der Waals surface area contributed by atoms with Gasteiger partial charge < -0.3 is 30.3 Å². The van der Waals surface area contributed by atoms with Crippen LogP contribution in [0.15, 0.2) is 30.3 Å². The lowest BCUT2D eigenvalue weighted by atomic mass is 10.0. The summed E-state index contributed by atoms with van der Waals surface area (Å²) in [4.78, 5) is 16.0. The standard InChI is InChI=1S/C13H19NO9S/c15-9(7-21-22-23-24-20)10(16)11(17)12(18)13(19)14-6-8-4-2-1-3-5-8/h1-5,9-12,15-18,20H,6-7H2,(H,14,19)/t9-,10-,11+,12-/m1/s1. The number of hydrogen-bond acceptors (Lipinski definition) is 10. The molecule has 0 aliphatic carbocycles. The van der Waals surface area contributed by atoms with E-state index in [1.807, 2.05) is 0 Å². The highest BCUT2D eigenvalue weighted by Gasteiger charge is 2.34. The van der Waals surface area contributed by atoms with Crippen LogP contribution in [-0.4, -0.2) is 61.9 Å². The third-order valence-corrected chi connectivity index (χ3v) is 3.11. The van der Waals surface area contributed by atoms with Crippen molar-refractivity contribution >= 4 is 18.2 Å². The lowest BCUT2D eigenvalue weighted by Gasteiger charge is -2.25. The van der Waals surface area contributed by atoms with Gasteiger partial charge in [0.2, 0.25) is 0 Å². The number of rotatable bonds is 11. The van der Waals surface area contributed by atoms with Crippen LogP contribution >= 0.6 is 12.3 Å². The minimum atomic E-state index is -1.97. The Morgan fingerprint density at radius 3 is 2.42 bits per heavy atom. The quantitative estimate of drug-likeness (QED) is 0.121. The lowest BCUT2D eigenvalue weighted by molar-refractivity contribution is -0.467. The molecule has 0 aliphatic rings. The number of aliphatic hydroxyl groups is 4. The minimum Gasteiger partial charge on any atom is -0.388 e. The summed E-state index contributed by atoms with van der Waals surface area (Å²) in [5.41, 5.74) is 0.778. The molecule has 1 aromatic rings. The van der Waals surface area contributed by atoms with Crippen molar-refractivity contribution in [2.45, 2.75) is 31.0 Å². The first-order valence-electron chi connectivity index (χ1n) is 6.77. The molecule has 4 atom stereocenters. The van der Waals surface area contributed by atoms with Crippen LogP contribution in [0.4, 0.5) is 0 Å². The second kappa shape index (κ2) is 11.3. The largest absolute Gasteiger partial charge is 0.388 e. The van der Waals surface area contributed by atoms with E-state index in [-0.39, 0.29) is 18.9 Å². The van der Waals surface area contributed by atoms with E-state index in [4.69, 9.17) is 4.55 Å². The van der Waals surface area contributed by atoms with Crippen LogP contribution in [0.5, 0.6) is 0 Å². The van der Waals surface area contributed by atoms with E-state index in [2.05, 4.69) is 19.6 Å². The molecule has 1 amide bonds. The van der Waals surface area contributed by atoms with Crippen LogP contribution < -0.4 is 5.32 Å². The van der Waals surface area contributed by atoms with Crippen LogP contribution in [0.25, 0.3) is 0 Å². The second-order valence-electron chi connectivity index (χ2n) is 4.69. The predicted octanol–water partition coefficient (Wildman–Crippen LogP) is -1.25. The van der Waals surface area contributed by atoms with Crippen LogP contribution in [0.1, 0.15) is 5.56 Å². The Labute approximate surface area is 141 Å². The summed E-state index contributed by atoms with van der Waals surface area (Å²) in [7, 11) is 0. The second-order valence-corrected chi connectivity index (χ2v) is 4.98. The Morgan fingerprint density at radius 2 is 1.79 bits per heavy atom. The van der Waals surface area contributed by atoms with Gasteiger partial charge in [0.25, 0.3) is 5.91 Å². The molecule has 11 heteroatoms. The number of benzene rings is 1. The first kappa shape index (κ1) is 20.8. The Hall–Kier alpha value is -1.28. The van der Waals surface area contributed by atoms with Gasteiger partial charge in [0.15, 0.2) is 18.4 Å². The monoisotopic (exact) mass is 365 g/mol. The number of hydrogen-bond donors (Lipinski definition) is 6. The summed E-state index contributed by atoms with van der Waals surface area (Å²) >= 11 is -0.153. The van der Waals surface area contributed by atoms with Crippen molar-refractivity contribution in [1.29, 1.82) is 0 Å². The Kier molecular flexibility index (Phi) is 9.78. The Morgan fingerprint density at radius 1 is 1.12 bits per heavy atom. The molecule has 0 aromatic heterocycles. The van der Waals surface area contributed by atoms with Crippen LogP contribution in [0, 0.1) is 0 Å². The van der Waals surface area contributed by atoms with Gasteiger partial charge in [-0.2, -0.15) is 0 Å². The molecule has 0 aliphatic heterocycles. The van der Waals surface area contributed by atoms with E-state index in [9.17, 15) is 25.2 Å². The van der Waals surface area contributed by atoms with Gasteiger partial charge in [-0.1, -0.05) is 35.4 Å². The Balaban J connectivity index is 2.40. The first-order valence-corrected chi connectivity index (χ1v) is 7.47. The molecule has 136 valence electrons. The molecule has 0 radical (unpaired) electrons. The van der Waals surface area contributed by atoms with Crippen molar-refractivity contribution in [2.24, 2.45) is 0 Å². The van der Waals surface area contributed by atoms with Crippen molar-refractivity contribution < 1.29 is 44.0 Å². The van der Waals surface area contributed by atoms with Crippen LogP contribution in [0.2, 0.25) is 0 Å². The van der Waals surface area contributed by atoms with Crippen LogP contribution in [0.3, 0.4) is 0 Å². The molecule has 0 saturated heterocycles. The van der Waals surface area contributed by atoms with Gasteiger partial charge in [0, 0.05) is 6.54 Å². The summed E-state index contributed by atoms with van der Waals surface area (Å²) in [5, 5.41) is 45.0. The average molecular weight is 365 g/mol. The summed E-state index contributed by atoms with van der Waals surface area (Å²) in [6.07, 6.45) is -7.52.